The summed E-state index contributed by atoms with van der Waals surface area (Å²) in [5, 5.41) is 0. The minimum Gasteiger partial charge on any atom is -0.0991 e. The highest BCUT2D eigenvalue weighted by Gasteiger charge is 2.30. The molecule has 1 unspecified atom stereocenters. The topological polar surface area (TPSA) is 0 Å². The maximum atomic E-state index is 3.81. The van der Waals surface area contributed by atoms with Gasteiger partial charge in [0.2, 0.25) is 0 Å². The number of fused-ring (bicyclic) bond motifs is 3. The van der Waals surface area contributed by atoms with Gasteiger partial charge in [-0.25, -0.2) is 0 Å². The van der Waals surface area contributed by atoms with Crippen molar-refractivity contribution in [1.82, 2.24) is 0 Å². The van der Waals surface area contributed by atoms with Crippen molar-refractivity contribution in [2.45, 2.75) is 19.3 Å². The van der Waals surface area contributed by atoms with Crippen LogP contribution >= 0.6 is 0 Å². The average Bonchev–Trinajstić information content (AvgIpc) is 2.79. The van der Waals surface area contributed by atoms with Crippen LogP contribution in [0.25, 0.3) is 5.57 Å². The van der Waals surface area contributed by atoms with E-state index in [0.717, 1.165) is 6.42 Å². The van der Waals surface area contributed by atoms with Crippen LogP contribution in [-0.2, 0) is 0 Å². The molecule has 1 aromatic carbocycles. The van der Waals surface area contributed by atoms with Crippen molar-refractivity contribution in [3.63, 3.8) is 0 Å². The molecule has 0 radical (unpaired) electrons. The molecule has 2 aliphatic carbocycles. The van der Waals surface area contributed by atoms with Crippen LogP contribution in [-0.4, -0.2) is 0 Å². The number of hydrogen-bond acceptors (Lipinski definition) is 0. The molecule has 0 heterocycles. The second-order valence-corrected chi connectivity index (χ2v) is 5.33. The SMILES string of the molecule is C=C/C=C\C1=C2C(=C\C)/C=C\C=C/CC2c2ccccc21. The van der Waals surface area contributed by atoms with Crippen LogP contribution in [0, 0.1) is 0 Å². The molecule has 1 aromatic rings. The standard InChI is InChI=1S/C21H20/c1-3-5-12-19-17-13-9-10-14-18(17)20-15-8-6-7-11-16(4-2)21(19)20/h3-14,20H,1,15H2,2H3/b8-6-,11-7-,12-5-,16-4-. The van der Waals surface area contributed by atoms with E-state index in [9.17, 15) is 0 Å². The molecule has 2 aliphatic rings. The van der Waals surface area contributed by atoms with Crippen molar-refractivity contribution in [1.29, 1.82) is 0 Å². The van der Waals surface area contributed by atoms with Gasteiger partial charge in [0.1, 0.15) is 0 Å². The molecule has 1 atom stereocenters. The fourth-order valence-corrected chi connectivity index (χ4v) is 3.27. The van der Waals surface area contributed by atoms with Gasteiger partial charge in [-0.1, -0.05) is 79.5 Å². The summed E-state index contributed by atoms with van der Waals surface area (Å²) in [4.78, 5) is 0. The molecule has 3 rings (SSSR count). The van der Waals surface area contributed by atoms with E-state index in [-0.39, 0.29) is 0 Å². The lowest BCUT2D eigenvalue weighted by atomic mass is 9.86. The Labute approximate surface area is 127 Å². The molecule has 0 bridgehead atoms. The third kappa shape index (κ3) is 2.38. The zero-order valence-electron chi connectivity index (χ0n) is 12.4. The summed E-state index contributed by atoms with van der Waals surface area (Å²) in [6.45, 7) is 5.92. The molecular weight excluding hydrogens is 252 g/mol. The Morgan fingerprint density at radius 1 is 1.19 bits per heavy atom. The van der Waals surface area contributed by atoms with Crippen molar-refractivity contribution in [2.24, 2.45) is 0 Å². The molecule has 0 amide bonds. The van der Waals surface area contributed by atoms with Gasteiger partial charge in [0.15, 0.2) is 0 Å². The van der Waals surface area contributed by atoms with Crippen LogP contribution in [0.2, 0.25) is 0 Å². The molecule has 0 N–H and O–H groups in total. The Balaban J connectivity index is 2.26. The molecule has 0 aliphatic heterocycles. The van der Waals surface area contributed by atoms with Crippen LogP contribution in [0.5, 0.6) is 0 Å². The third-order valence-electron chi connectivity index (χ3n) is 4.18. The first-order chi connectivity index (χ1) is 10.4. The number of hydrogen-bond donors (Lipinski definition) is 0. The summed E-state index contributed by atoms with van der Waals surface area (Å²) in [6.07, 6.45) is 18.1. The summed E-state index contributed by atoms with van der Waals surface area (Å²) in [5.74, 6) is 0.457. The predicted molar refractivity (Wildman–Crippen MR) is 92.1 cm³/mol. The number of benzene rings is 1. The van der Waals surface area contributed by atoms with Crippen LogP contribution in [0.3, 0.4) is 0 Å². The van der Waals surface area contributed by atoms with Crippen molar-refractivity contribution in [3.8, 4) is 0 Å². The van der Waals surface area contributed by atoms with Gasteiger partial charge in [-0.3, -0.25) is 0 Å². The van der Waals surface area contributed by atoms with Gasteiger partial charge in [0, 0.05) is 5.92 Å². The van der Waals surface area contributed by atoms with Gasteiger partial charge in [-0.15, -0.1) is 0 Å². The van der Waals surface area contributed by atoms with Gasteiger partial charge in [0.05, 0.1) is 0 Å². The van der Waals surface area contributed by atoms with E-state index in [0.29, 0.717) is 5.92 Å². The maximum absolute atomic E-state index is 3.81. The highest BCUT2D eigenvalue weighted by Crippen LogP contribution is 2.48. The minimum atomic E-state index is 0.457. The Hall–Kier alpha value is -2.34. The van der Waals surface area contributed by atoms with Gasteiger partial charge in [-0.2, -0.15) is 0 Å². The summed E-state index contributed by atoms with van der Waals surface area (Å²) >= 11 is 0. The minimum absolute atomic E-state index is 0.457. The summed E-state index contributed by atoms with van der Waals surface area (Å²) in [5.41, 5.74) is 6.90. The summed E-state index contributed by atoms with van der Waals surface area (Å²) in [7, 11) is 0. The fraction of sp³-hybridized carbons (Fsp3) is 0.143. The maximum Gasteiger partial charge on any atom is 0.0142 e. The van der Waals surface area contributed by atoms with E-state index < -0.39 is 0 Å². The van der Waals surface area contributed by atoms with E-state index in [4.69, 9.17) is 0 Å². The third-order valence-corrected chi connectivity index (χ3v) is 4.18. The van der Waals surface area contributed by atoms with Crippen molar-refractivity contribution in [3.05, 3.63) is 102 Å². The molecule has 0 heteroatoms. The first kappa shape index (κ1) is 13.6. The van der Waals surface area contributed by atoms with Crippen LogP contribution < -0.4 is 0 Å². The van der Waals surface area contributed by atoms with Crippen LogP contribution in [0.15, 0.2) is 90.6 Å². The normalized spacial score (nSPS) is 25.4. The lowest BCUT2D eigenvalue weighted by molar-refractivity contribution is 0.837. The van der Waals surface area contributed by atoms with Crippen molar-refractivity contribution < 1.29 is 0 Å². The second-order valence-electron chi connectivity index (χ2n) is 5.33. The molecule has 0 fully saturated rings. The van der Waals surface area contributed by atoms with Gasteiger partial charge >= 0.3 is 0 Å². The van der Waals surface area contributed by atoms with Gasteiger partial charge in [-0.05, 0) is 41.2 Å². The molecule has 21 heavy (non-hydrogen) atoms. The molecule has 0 saturated carbocycles. The number of allylic oxidation sites excluding steroid dienone is 11. The van der Waals surface area contributed by atoms with Crippen molar-refractivity contribution >= 4 is 5.57 Å². The lowest BCUT2D eigenvalue weighted by Gasteiger charge is -2.17. The number of rotatable bonds is 2. The Bertz CT molecular complexity index is 705. The van der Waals surface area contributed by atoms with Crippen LogP contribution in [0.1, 0.15) is 30.4 Å². The second kappa shape index (κ2) is 5.97. The lowest BCUT2D eigenvalue weighted by Crippen LogP contribution is -2.01. The van der Waals surface area contributed by atoms with Gasteiger partial charge in [0.25, 0.3) is 0 Å². The van der Waals surface area contributed by atoms with E-state index >= 15 is 0 Å². The molecule has 0 nitrogen and oxygen atoms in total. The van der Waals surface area contributed by atoms with Crippen molar-refractivity contribution in [2.75, 3.05) is 0 Å². The summed E-state index contributed by atoms with van der Waals surface area (Å²) < 4.78 is 0. The molecule has 0 spiro atoms. The van der Waals surface area contributed by atoms with E-state index in [1.807, 2.05) is 12.2 Å². The van der Waals surface area contributed by atoms with E-state index in [2.05, 4.69) is 74.2 Å². The van der Waals surface area contributed by atoms with Crippen LogP contribution in [0.4, 0.5) is 0 Å². The molecule has 0 aromatic heterocycles. The Kier molecular flexibility index (Phi) is 3.87. The van der Waals surface area contributed by atoms with Gasteiger partial charge < -0.3 is 0 Å². The Morgan fingerprint density at radius 2 is 2.05 bits per heavy atom. The predicted octanol–water partition coefficient (Wildman–Crippen LogP) is 5.74. The molecule has 0 saturated heterocycles. The summed E-state index contributed by atoms with van der Waals surface area (Å²) in [6, 6.07) is 8.77. The zero-order chi connectivity index (χ0) is 14.7. The Morgan fingerprint density at radius 3 is 2.86 bits per heavy atom. The highest BCUT2D eigenvalue weighted by molar-refractivity contribution is 5.88. The largest absolute Gasteiger partial charge is 0.0991 e. The quantitative estimate of drug-likeness (QED) is 0.602. The first-order valence-electron chi connectivity index (χ1n) is 7.49. The monoisotopic (exact) mass is 272 g/mol. The zero-order valence-corrected chi connectivity index (χ0v) is 12.4. The molecule has 104 valence electrons. The smallest absolute Gasteiger partial charge is 0.0142 e. The fourth-order valence-electron chi connectivity index (χ4n) is 3.27. The average molecular weight is 272 g/mol. The highest BCUT2D eigenvalue weighted by atomic mass is 14.3. The molecular formula is C21H20. The van der Waals surface area contributed by atoms with E-state index in [1.165, 1.54) is 27.8 Å². The van der Waals surface area contributed by atoms with E-state index in [1.54, 1.807) is 0 Å². The first-order valence-corrected chi connectivity index (χ1v) is 7.49.